The van der Waals surface area contributed by atoms with Crippen molar-refractivity contribution in [1.82, 2.24) is 5.32 Å². The zero-order chi connectivity index (χ0) is 54.9. The normalized spacial score (nSPS) is 13.9. The third kappa shape index (κ3) is 60.5. The molecule has 75 heavy (non-hydrogen) atoms. The molecule has 0 rings (SSSR count). The average Bonchev–Trinajstić information content (AvgIpc) is 3.37. The van der Waals surface area contributed by atoms with Gasteiger partial charge in [0.15, 0.2) is 0 Å². The monoisotopic (exact) mass is 1080 g/mol. The van der Waals surface area contributed by atoms with Gasteiger partial charge in [0.1, 0.15) is 13.2 Å². The molecule has 0 aliphatic carbocycles. The fourth-order valence-corrected chi connectivity index (χ4v) is 10.9. The number of carbonyl (C=O) groups excluding carboxylic acids is 1. The van der Waals surface area contributed by atoms with Crippen molar-refractivity contribution in [3.63, 3.8) is 0 Å². The maximum Gasteiger partial charge on any atom is 0.268 e. The van der Waals surface area contributed by atoms with Crippen LogP contribution in [0.3, 0.4) is 0 Å². The zero-order valence-corrected chi connectivity index (χ0v) is 51.9. The van der Waals surface area contributed by atoms with Gasteiger partial charge in [-0.05, 0) is 44.9 Å². The maximum absolute atomic E-state index is 13.0. The molecule has 0 aromatic heterocycles. The van der Waals surface area contributed by atoms with Gasteiger partial charge in [-0.15, -0.1) is 0 Å². The molecule has 0 heterocycles. The predicted molar refractivity (Wildman–Crippen MR) is 325 cm³/mol. The Morgan fingerprint density at radius 1 is 0.453 bits per heavy atom. The van der Waals surface area contributed by atoms with Gasteiger partial charge in [-0.1, -0.05) is 314 Å². The molecule has 3 unspecified atom stereocenters. The van der Waals surface area contributed by atoms with Gasteiger partial charge in [0.25, 0.3) is 7.82 Å². The van der Waals surface area contributed by atoms with E-state index in [0.717, 1.165) is 38.5 Å². The molecule has 0 spiro atoms. The summed E-state index contributed by atoms with van der Waals surface area (Å²) in [5, 5.41) is 13.9. The maximum atomic E-state index is 13.0. The molecule has 0 saturated carbocycles. The second-order valence-corrected chi connectivity index (χ2v) is 25.6. The third-order valence-electron chi connectivity index (χ3n) is 15.4. The Hall–Kier alpha value is -1.02. The first kappa shape index (κ1) is 74.0. The number of allylic oxidation sites excluding steroid dienone is 3. The molecule has 0 fully saturated rings. The van der Waals surface area contributed by atoms with Crippen molar-refractivity contribution in [2.45, 2.75) is 353 Å². The highest BCUT2D eigenvalue weighted by Gasteiger charge is 2.23. The van der Waals surface area contributed by atoms with Gasteiger partial charge in [-0.3, -0.25) is 9.36 Å². The average molecular weight is 1080 g/mol. The van der Waals surface area contributed by atoms with E-state index in [1.165, 1.54) is 283 Å². The topological polar surface area (TPSA) is 108 Å². The predicted octanol–water partition coefficient (Wildman–Crippen LogP) is 20.1. The van der Waals surface area contributed by atoms with Crippen LogP contribution >= 0.6 is 7.82 Å². The van der Waals surface area contributed by atoms with Gasteiger partial charge in [-0.25, -0.2) is 0 Å². The molecule has 0 bridgehead atoms. The van der Waals surface area contributed by atoms with Crippen molar-refractivity contribution in [3.05, 3.63) is 24.3 Å². The number of hydrogen-bond donors (Lipinski definition) is 2. The van der Waals surface area contributed by atoms with Crippen LogP contribution in [0.1, 0.15) is 341 Å². The summed E-state index contributed by atoms with van der Waals surface area (Å²) >= 11 is 0. The number of carbonyl (C=O) groups is 1. The van der Waals surface area contributed by atoms with E-state index in [1.54, 1.807) is 6.08 Å². The van der Waals surface area contributed by atoms with Crippen LogP contribution in [0, 0.1) is 0 Å². The van der Waals surface area contributed by atoms with Crippen LogP contribution in [0.15, 0.2) is 24.3 Å². The van der Waals surface area contributed by atoms with Gasteiger partial charge in [0.2, 0.25) is 5.91 Å². The van der Waals surface area contributed by atoms with Crippen molar-refractivity contribution in [1.29, 1.82) is 0 Å². The lowest BCUT2D eigenvalue weighted by Crippen LogP contribution is -2.45. The Morgan fingerprint density at radius 3 is 1.04 bits per heavy atom. The summed E-state index contributed by atoms with van der Waals surface area (Å²) in [6, 6.07) is -0.883. The van der Waals surface area contributed by atoms with Gasteiger partial charge in [0, 0.05) is 6.42 Å². The molecule has 9 heteroatoms. The van der Waals surface area contributed by atoms with Gasteiger partial charge in [0.05, 0.1) is 39.9 Å². The number of quaternary nitrogens is 1. The fourth-order valence-electron chi connectivity index (χ4n) is 10.2. The number of hydrogen-bond acceptors (Lipinski definition) is 6. The summed E-state index contributed by atoms with van der Waals surface area (Å²) in [7, 11) is 1.28. The Kier molecular flexibility index (Phi) is 56.9. The molecule has 8 nitrogen and oxygen atoms in total. The minimum atomic E-state index is -4.59. The zero-order valence-electron chi connectivity index (χ0n) is 51.0. The highest BCUT2D eigenvalue weighted by molar-refractivity contribution is 7.45. The number of likely N-dealkylation sites (N-methyl/N-ethyl adjacent to an activating group) is 1. The molecule has 0 aromatic carbocycles. The Balaban J connectivity index is 3.85. The number of aliphatic hydroxyl groups is 1. The van der Waals surface area contributed by atoms with Crippen molar-refractivity contribution in [2.75, 3.05) is 40.9 Å². The number of nitrogens with one attached hydrogen (secondary N) is 1. The van der Waals surface area contributed by atoms with E-state index < -0.39 is 20.0 Å². The van der Waals surface area contributed by atoms with Crippen LogP contribution in [0.2, 0.25) is 0 Å². The molecule has 2 N–H and O–H groups in total. The number of phosphoric ester groups is 1. The number of rotatable bonds is 62. The first-order valence-electron chi connectivity index (χ1n) is 33.2. The van der Waals surface area contributed by atoms with Crippen molar-refractivity contribution in [2.24, 2.45) is 0 Å². The van der Waals surface area contributed by atoms with Crippen LogP contribution in [0.4, 0.5) is 0 Å². The lowest BCUT2D eigenvalue weighted by molar-refractivity contribution is -0.870. The highest BCUT2D eigenvalue weighted by atomic mass is 31.2. The largest absolute Gasteiger partial charge is 0.756 e. The van der Waals surface area contributed by atoms with Crippen molar-refractivity contribution >= 4 is 13.7 Å². The van der Waals surface area contributed by atoms with Gasteiger partial charge in [-0.2, -0.15) is 0 Å². The van der Waals surface area contributed by atoms with Crippen LogP contribution in [0.25, 0.3) is 0 Å². The number of amides is 1. The number of nitrogens with zero attached hydrogens (tertiary/aromatic N) is 1. The van der Waals surface area contributed by atoms with Crippen molar-refractivity contribution < 1.29 is 32.9 Å². The van der Waals surface area contributed by atoms with Crippen LogP contribution in [0.5, 0.6) is 0 Å². The SMILES string of the molecule is CCCCCCCCCC/C=C\CCCCCCCCCCCCCCCCCCCCCCCCCCCCCC(=O)NC(COP(=O)([O-])OCC[N+](C)(C)C)C(O)/C=C/CCCCCCCCCCCCCC. The first-order chi connectivity index (χ1) is 36.5. The van der Waals surface area contributed by atoms with Crippen LogP contribution in [-0.4, -0.2) is 68.5 Å². The molecule has 0 aliphatic rings. The van der Waals surface area contributed by atoms with E-state index in [-0.39, 0.29) is 19.1 Å². The summed E-state index contributed by atoms with van der Waals surface area (Å²) in [5.41, 5.74) is 0. The second kappa shape index (κ2) is 57.7. The lowest BCUT2D eigenvalue weighted by Gasteiger charge is -2.29. The minimum Gasteiger partial charge on any atom is -0.756 e. The lowest BCUT2D eigenvalue weighted by atomic mass is 10.0. The Morgan fingerprint density at radius 2 is 0.733 bits per heavy atom. The van der Waals surface area contributed by atoms with E-state index in [0.29, 0.717) is 17.4 Å². The van der Waals surface area contributed by atoms with Crippen LogP contribution in [-0.2, 0) is 18.4 Å². The first-order valence-corrected chi connectivity index (χ1v) is 34.7. The standard InChI is InChI=1S/C66H131N2O6P/c1-6-8-10-12-14-16-18-20-22-23-24-25-26-27-28-29-30-31-32-33-34-35-36-37-38-39-40-41-42-43-44-45-46-48-50-52-54-56-58-60-66(70)67-64(63-74-75(71,72)73-62-61-68(3,4)5)65(69)59-57-55-53-51-49-47-21-19-17-15-13-11-9-7-2/h23-24,57,59,64-65,69H,6-22,25-56,58,60-63H2,1-5H3,(H-,67,70,71,72)/b24-23-,59-57+. The highest BCUT2D eigenvalue weighted by Crippen LogP contribution is 2.38. The summed E-state index contributed by atoms with van der Waals surface area (Å²) in [5.74, 6) is -0.191. The molecule has 0 radical (unpaired) electrons. The quantitative estimate of drug-likeness (QED) is 0.0272. The number of unbranched alkanes of at least 4 members (excludes halogenated alkanes) is 47. The van der Waals surface area contributed by atoms with Crippen molar-refractivity contribution in [3.8, 4) is 0 Å². The summed E-state index contributed by atoms with van der Waals surface area (Å²) in [6.45, 7) is 4.69. The number of aliphatic hydroxyl groups excluding tert-OH is 1. The molecule has 446 valence electrons. The van der Waals surface area contributed by atoms with Gasteiger partial charge < -0.3 is 28.8 Å². The molecule has 1 amide bonds. The molecule has 0 aliphatic heterocycles. The molecule has 0 aromatic rings. The summed E-state index contributed by atoms with van der Waals surface area (Å²) in [4.78, 5) is 25.5. The fraction of sp³-hybridized carbons (Fsp3) is 0.924. The third-order valence-corrected chi connectivity index (χ3v) is 16.4. The Labute approximate surface area is 468 Å². The van der Waals surface area contributed by atoms with E-state index in [4.69, 9.17) is 9.05 Å². The molecular weight excluding hydrogens is 948 g/mol. The molecule has 3 atom stereocenters. The Bertz CT molecular complexity index is 1270. The summed E-state index contributed by atoms with van der Waals surface area (Å²) < 4.78 is 23.4. The number of phosphoric acid groups is 1. The second-order valence-electron chi connectivity index (χ2n) is 24.2. The minimum absolute atomic E-state index is 0.00190. The van der Waals surface area contributed by atoms with E-state index >= 15 is 0 Å². The van der Waals surface area contributed by atoms with Crippen LogP contribution < -0.4 is 10.2 Å². The van der Waals surface area contributed by atoms with E-state index in [9.17, 15) is 19.4 Å². The summed E-state index contributed by atoms with van der Waals surface area (Å²) in [6.07, 6.45) is 74.5. The molecular formula is C66H131N2O6P. The van der Waals surface area contributed by atoms with E-state index in [2.05, 4.69) is 31.3 Å². The van der Waals surface area contributed by atoms with E-state index in [1.807, 2.05) is 27.2 Å². The molecule has 0 saturated heterocycles. The smallest absolute Gasteiger partial charge is 0.268 e. The van der Waals surface area contributed by atoms with Gasteiger partial charge >= 0.3 is 0 Å².